The topological polar surface area (TPSA) is 45.7 Å². The zero-order chi connectivity index (χ0) is 17.1. The standard InChI is InChI=1S/C20H23N3O2/c24-20(15-25-19-6-3-9-21-12-19)23-11-8-18(14-23)22-10-7-16-4-1-2-5-17(16)13-22/h1-6,9,12,18H,7-8,10-11,13-15H2. The first kappa shape index (κ1) is 16.1. The molecule has 2 aliphatic heterocycles. The summed E-state index contributed by atoms with van der Waals surface area (Å²) in [7, 11) is 0. The van der Waals surface area contributed by atoms with E-state index in [2.05, 4.69) is 34.1 Å². The van der Waals surface area contributed by atoms with Crippen LogP contribution in [-0.2, 0) is 17.8 Å². The Labute approximate surface area is 148 Å². The normalized spacial score (nSPS) is 20.3. The van der Waals surface area contributed by atoms with Crippen LogP contribution < -0.4 is 4.74 Å². The molecule has 1 atom stereocenters. The lowest BCUT2D eigenvalue weighted by Crippen LogP contribution is -2.42. The fraction of sp³-hybridized carbons (Fsp3) is 0.400. The van der Waals surface area contributed by atoms with E-state index >= 15 is 0 Å². The number of carbonyl (C=O) groups excluding carboxylic acids is 1. The fourth-order valence-electron chi connectivity index (χ4n) is 3.76. The highest BCUT2D eigenvalue weighted by Gasteiger charge is 2.32. The summed E-state index contributed by atoms with van der Waals surface area (Å²) >= 11 is 0. The Morgan fingerprint density at radius 1 is 1.16 bits per heavy atom. The smallest absolute Gasteiger partial charge is 0.260 e. The first-order chi connectivity index (χ1) is 12.3. The second kappa shape index (κ2) is 7.23. The molecule has 0 bridgehead atoms. The van der Waals surface area contributed by atoms with Crippen LogP contribution in [0.4, 0.5) is 0 Å². The van der Waals surface area contributed by atoms with Gasteiger partial charge in [-0.2, -0.15) is 0 Å². The average molecular weight is 337 g/mol. The van der Waals surface area contributed by atoms with Gasteiger partial charge in [-0.15, -0.1) is 0 Å². The van der Waals surface area contributed by atoms with Gasteiger partial charge in [0.2, 0.25) is 0 Å². The van der Waals surface area contributed by atoms with E-state index < -0.39 is 0 Å². The zero-order valence-corrected chi connectivity index (χ0v) is 14.3. The molecule has 2 aliphatic rings. The predicted octanol–water partition coefficient (Wildman–Crippen LogP) is 2.12. The van der Waals surface area contributed by atoms with Gasteiger partial charge in [-0.1, -0.05) is 24.3 Å². The van der Waals surface area contributed by atoms with Crippen LogP contribution in [0.1, 0.15) is 17.5 Å². The minimum Gasteiger partial charge on any atom is -0.482 e. The number of pyridine rings is 1. The largest absolute Gasteiger partial charge is 0.482 e. The Morgan fingerprint density at radius 3 is 2.88 bits per heavy atom. The van der Waals surface area contributed by atoms with Crippen molar-refractivity contribution in [1.29, 1.82) is 0 Å². The molecule has 0 aliphatic carbocycles. The predicted molar refractivity (Wildman–Crippen MR) is 95.3 cm³/mol. The van der Waals surface area contributed by atoms with Crippen LogP contribution in [0.5, 0.6) is 5.75 Å². The van der Waals surface area contributed by atoms with Gasteiger partial charge in [-0.25, -0.2) is 0 Å². The van der Waals surface area contributed by atoms with E-state index in [9.17, 15) is 4.79 Å². The van der Waals surface area contributed by atoms with Crippen molar-refractivity contribution < 1.29 is 9.53 Å². The number of benzene rings is 1. The Balaban J connectivity index is 1.30. The second-order valence-corrected chi connectivity index (χ2v) is 6.75. The molecule has 0 radical (unpaired) electrons. The maximum absolute atomic E-state index is 12.4. The van der Waals surface area contributed by atoms with Crippen LogP contribution in [0.2, 0.25) is 0 Å². The number of ether oxygens (including phenoxy) is 1. The molecule has 0 N–H and O–H groups in total. The summed E-state index contributed by atoms with van der Waals surface area (Å²) < 4.78 is 5.54. The molecule has 1 aromatic heterocycles. The number of amides is 1. The number of rotatable bonds is 4. The lowest BCUT2D eigenvalue weighted by Gasteiger charge is -2.33. The molecule has 1 unspecified atom stereocenters. The molecule has 4 rings (SSSR count). The Kier molecular flexibility index (Phi) is 4.65. The third kappa shape index (κ3) is 3.66. The van der Waals surface area contributed by atoms with Crippen molar-refractivity contribution in [2.45, 2.75) is 25.4 Å². The highest BCUT2D eigenvalue weighted by molar-refractivity contribution is 5.78. The lowest BCUT2D eigenvalue weighted by molar-refractivity contribution is -0.132. The van der Waals surface area contributed by atoms with Crippen molar-refractivity contribution in [2.75, 3.05) is 26.2 Å². The maximum Gasteiger partial charge on any atom is 0.260 e. The van der Waals surface area contributed by atoms with Crippen LogP contribution in [0, 0.1) is 0 Å². The average Bonchev–Trinajstić information content (AvgIpc) is 3.17. The number of hydrogen-bond acceptors (Lipinski definition) is 4. The first-order valence-corrected chi connectivity index (χ1v) is 8.91. The summed E-state index contributed by atoms with van der Waals surface area (Å²) in [5, 5.41) is 0. The molecular weight excluding hydrogens is 314 g/mol. The van der Waals surface area contributed by atoms with Gasteiger partial charge >= 0.3 is 0 Å². The van der Waals surface area contributed by atoms with Gasteiger partial charge in [0.15, 0.2) is 6.61 Å². The third-order valence-corrected chi connectivity index (χ3v) is 5.19. The Hall–Kier alpha value is -2.40. The van der Waals surface area contributed by atoms with Gasteiger partial charge in [0.1, 0.15) is 5.75 Å². The molecule has 0 spiro atoms. The van der Waals surface area contributed by atoms with E-state index in [1.54, 1.807) is 18.5 Å². The molecule has 1 aromatic carbocycles. The number of likely N-dealkylation sites (tertiary alicyclic amines) is 1. The van der Waals surface area contributed by atoms with Crippen LogP contribution in [0.15, 0.2) is 48.8 Å². The molecule has 1 saturated heterocycles. The summed E-state index contributed by atoms with van der Waals surface area (Å²) in [6.45, 7) is 3.78. The van der Waals surface area contributed by atoms with E-state index in [0.717, 1.165) is 39.0 Å². The van der Waals surface area contributed by atoms with Crippen LogP contribution >= 0.6 is 0 Å². The number of aromatic nitrogens is 1. The monoisotopic (exact) mass is 337 g/mol. The first-order valence-electron chi connectivity index (χ1n) is 8.91. The minimum atomic E-state index is 0.0590. The van der Waals surface area contributed by atoms with Gasteiger partial charge in [-0.05, 0) is 36.1 Å². The van der Waals surface area contributed by atoms with Crippen molar-refractivity contribution in [1.82, 2.24) is 14.8 Å². The second-order valence-electron chi connectivity index (χ2n) is 6.75. The molecule has 1 fully saturated rings. The van der Waals surface area contributed by atoms with Crippen molar-refractivity contribution in [2.24, 2.45) is 0 Å². The summed E-state index contributed by atoms with van der Waals surface area (Å²) in [4.78, 5) is 20.9. The van der Waals surface area contributed by atoms with Crippen LogP contribution in [0.25, 0.3) is 0 Å². The lowest BCUT2D eigenvalue weighted by atomic mass is 9.98. The Bertz CT molecular complexity index is 735. The van der Waals surface area contributed by atoms with Crippen molar-refractivity contribution >= 4 is 5.91 Å². The Morgan fingerprint density at radius 2 is 2.04 bits per heavy atom. The molecule has 5 nitrogen and oxygen atoms in total. The van der Waals surface area contributed by atoms with Crippen LogP contribution in [-0.4, -0.2) is 53.0 Å². The summed E-state index contributed by atoms with van der Waals surface area (Å²) in [5.74, 6) is 0.697. The van der Waals surface area contributed by atoms with Gasteiger partial charge in [-0.3, -0.25) is 14.7 Å². The molecule has 130 valence electrons. The molecule has 0 saturated carbocycles. The minimum absolute atomic E-state index is 0.0590. The number of nitrogens with zero attached hydrogens (tertiary/aromatic N) is 3. The fourth-order valence-corrected chi connectivity index (χ4v) is 3.76. The van der Waals surface area contributed by atoms with E-state index in [1.807, 2.05) is 11.0 Å². The summed E-state index contributed by atoms with van der Waals surface area (Å²) in [6, 6.07) is 12.8. The number of fused-ring (bicyclic) bond motifs is 1. The SMILES string of the molecule is O=C(COc1cccnc1)N1CCC(N2CCc3ccccc3C2)C1. The summed E-state index contributed by atoms with van der Waals surface area (Å²) in [6.07, 6.45) is 5.47. The number of carbonyl (C=O) groups is 1. The van der Waals surface area contributed by atoms with Gasteiger partial charge in [0.05, 0.1) is 6.20 Å². The highest BCUT2D eigenvalue weighted by atomic mass is 16.5. The maximum atomic E-state index is 12.4. The van der Waals surface area contributed by atoms with Crippen molar-refractivity contribution in [3.8, 4) is 5.75 Å². The van der Waals surface area contributed by atoms with E-state index in [-0.39, 0.29) is 12.5 Å². The third-order valence-electron chi connectivity index (χ3n) is 5.19. The van der Waals surface area contributed by atoms with Crippen molar-refractivity contribution in [3.05, 3.63) is 59.9 Å². The highest BCUT2D eigenvalue weighted by Crippen LogP contribution is 2.24. The van der Waals surface area contributed by atoms with Gasteiger partial charge in [0, 0.05) is 38.4 Å². The van der Waals surface area contributed by atoms with E-state index in [4.69, 9.17) is 4.74 Å². The molecule has 5 heteroatoms. The van der Waals surface area contributed by atoms with Gasteiger partial charge < -0.3 is 9.64 Å². The molecule has 1 amide bonds. The quantitative estimate of drug-likeness (QED) is 0.857. The van der Waals surface area contributed by atoms with E-state index in [1.165, 1.54) is 11.1 Å². The summed E-state index contributed by atoms with van der Waals surface area (Å²) in [5.41, 5.74) is 2.90. The number of hydrogen-bond donors (Lipinski definition) is 0. The molecular formula is C20H23N3O2. The zero-order valence-electron chi connectivity index (χ0n) is 14.3. The molecule has 3 heterocycles. The molecule has 2 aromatic rings. The van der Waals surface area contributed by atoms with Crippen LogP contribution in [0.3, 0.4) is 0 Å². The molecule has 25 heavy (non-hydrogen) atoms. The van der Waals surface area contributed by atoms with Crippen molar-refractivity contribution in [3.63, 3.8) is 0 Å². The van der Waals surface area contributed by atoms with Gasteiger partial charge in [0.25, 0.3) is 5.91 Å². The van der Waals surface area contributed by atoms with E-state index in [0.29, 0.717) is 11.8 Å².